The summed E-state index contributed by atoms with van der Waals surface area (Å²) in [5.74, 6) is 0.713. The lowest BCUT2D eigenvalue weighted by atomic mass is 10.0. The van der Waals surface area contributed by atoms with Gasteiger partial charge in [-0.2, -0.15) is 0 Å². The van der Waals surface area contributed by atoms with Gasteiger partial charge in [0.2, 0.25) is 0 Å². The zero-order chi connectivity index (χ0) is 7.98. The SMILES string of the molecule is [CH2]CCCC=C(C)C(C)C. The van der Waals surface area contributed by atoms with Gasteiger partial charge in [-0.15, -0.1) is 0 Å². The molecule has 59 valence electrons. The number of hydrogen-bond donors (Lipinski definition) is 0. The van der Waals surface area contributed by atoms with E-state index in [2.05, 4.69) is 33.8 Å². The van der Waals surface area contributed by atoms with Crippen LogP contribution in [0, 0.1) is 12.8 Å². The maximum atomic E-state index is 3.80. The molecule has 0 aromatic carbocycles. The number of rotatable bonds is 4. The second-order valence-corrected chi connectivity index (χ2v) is 3.10. The van der Waals surface area contributed by atoms with Gasteiger partial charge >= 0.3 is 0 Å². The number of hydrogen-bond acceptors (Lipinski definition) is 0. The topological polar surface area (TPSA) is 0 Å². The van der Waals surface area contributed by atoms with Gasteiger partial charge in [-0.1, -0.05) is 38.8 Å². The van der Waals surface area contributed by atoms with Gasteiger partial charge in [0.05, 0.1) is 0 Å². The number of unbranched alkanes of at least 4 members (excludes halogenated alkanes) is 2. The Morgan fingerprint density at radius 3 is 2.50 bits per heavy atom. The molecule has 0 amide bonds. The third kappa shape index (κ3) is 4.60. The first kappa shape index (κ1) is 9.74. The Hall–Kier alpha value is -0.260. The third-order valence-corrected chi connectivity index (χ3v) is 1.83. The van der Waals surface area contributed by atoms with Crippen LogP contribution in [0.4, 0.5) is 0 Å². The first-order valence-corrected chi connectivity index (χ1v) is 4.14. The second kappa shape index (κ2) is 5.52. The van der Waals surface area contributed by atoms with E-state index in [0.717, 1.165) is 6.42 Å². The van der Waals surface area contributed by atoms with E-state index in [0.29, 0.717) is 5.92 Å². The smallest absolute Gasteiger partial charge is 0.0263 e. The van der Waals surface area contributed by atoms with E-state index in [-0.39, 0.29) is 0 Å². The molecule has 0 nitrogen and oxygen atoms in total. The molecule has 0 aromatic heterocycles. The number of allylic oxidation sites excluding steroid dienone is 2. The molecular weight excluding hydrogens is 120 g/mol. The zero-order valence-corrected chi connectivity index (χ0v) is 7.48. The molecule has 10 heavy (non-hydrogen) atoms. The van der Waals surface area contributed by atoms with Crippen molar-refractivity contribution in [3.63, 3.8) is 0 Å². The lowest BCUT2D eigenvalue weighted by Gasteiger charge is -2.03. The minimum absolute atomic E-state index is 0.713. The fourth-order valence-corrected chi connectivity index (χ4v) is 0.710. The Morgan fingerprint density at radius 1 is 1.50 bits per heavy atom. The Balaban J connectivity index is 3.48. The van der Waals surface area contributed by atoms with Gasteiger partial charge in [-0.25, -0.2) is 0 Å². The summed E-state index contributed by atoms with van der Waals surface area (Å²) < 4.78 is 0. The first-order valence-electron chi connectivity index (χ1n) is 4.14. The summed E-state index contributed by atoms with van der Waals surface area (Å²) in [6.07, 6.45) is 5.81. The van der Waals surface area contributed by atoms with E-state index in [4.69, 9.17) is 0 Å². The Kier molecular flexibility index (Phi) is 5.38. The Bertz CT molecular complexity index is 98.6. The molecule has 0 N–H and O–H groups in total. The van der Waals surface area contributed by atoms with Crippen LogP contribution in [-0.4, -0.2) is 0 Å². The van der Waals surface area contributed by atoms with E-state index in [1.165, 1.54) is 18.4 Å². The van der Waals surface area contributed by atoms with Crippen molar-refractivity contribution >= 4 is 0 Å². The highest BCUT2D eigenvalue weighted by Gasteiger charge is 1.93. The average molecular weight is 139 g/mol. The molecule has 1 radical (unpaired) electrons. The average Bonchev–Trinajstić information content (AvgIpc) is 1.88. The highest BCUT2D eigenvalue weighted by Crippen LogP contribution is 2.09. The van der Waals surface area contributed by atoms with E-state index in [1.54, 1.807) is 0 Å². The largest absolute Gasteiger partial charge is 0.0854 e. The van der Waals surface area contributed by atoms with Crippen molar-refractivity contribution in [1.29, 1.82) is 0 Å². The van der Waals surface area contributed by atoms with Crippen molar-refractivity contribution in [3.05, 3.63) is 18.6 Å². The van der Waals surface area contributed by atoms with Gasteiger partial charge < -0.3 is 0 Å². The minimum Gasteiger partial charge on any atom is -0.0854 e. The lowest BCUT2D eigenvalue weighted by Crippen LogP contribution is -1.87. The molecule has 0 bridgehead atoms. The van der Waals surface area contributed by atoms with Crippen LogP contribution in [0.1, 0.15) is 40.0 Å². The summed E-state index contributed by atoms with van der Waals surface area (Å²) in [5, 5.41) is 0. The molecule has 0 heterocycles. The van der Waals surface area contributed by atoms with Crippen LogP contribution < -0.4 is 0 Å². The summed E-state index contributed by atoms with van der Waals surface area (Å²) in [5.41, 5.74) is 1.51. The third-order valence-electron chi connectivity index (χ3n) is 1.83. The van der Waals surface area contributed by atoms with E-state index >= 15 is 0 Å². The molecule has 0 aromatic rings. The second-order valence-electron chi connectivity index (χ2n) is 3.10. The van der Waals surface area contributed by atoms with Gasteiger partial charge in [0.25, 0.3) is 0 Å². The minimum atomic E-state index is 0.713. The summed E-state index contributed by atoms with van der Waals surface area (Å²) in [6, 6.07) is 0. The van der Waals surface area contributed by atoms with Gasteiger partial charge in [0.15, 0.2) is 0 Å². The molecule has 0 fully saturated rings. The predicted molar refractivity (Wildman–Crippen MR) is 47.8 cm³/mol. The van der Waals surface area contributed by atoms with Crippen LogP contribution >= 0.6 is 0 Å². The molecule has 0 spiro atoms. The molecular formula is C10H19. The van der Waals surface area contributed by atoms with E-state index in [1.807, 2.05) is 0 Å². The highest BCUT2D eigenvalue weighted by molar-refractivity contribution is 5.00. The quantitative estimate of drug-likeness (QED) is 0.412. The van der Waals surface area contributed by atoms with Crippen LogP contribution in [0.25, 0.3) is 0 Å². The maximum absolute atomic E-state index is 3.80. The predicted octanol–water partition coefficient (Wildman–Crippen LogP) is 3.59. The summed E-state index contributed by atoms with van der Waals surface area (Å²) in [7, 11) is 0. The van der Waals surface area contributed by atoms with E-state index in [9.17, 15) is 0 Å². The van der Waals surface area contributed by atoms with Gasteiger partial charge in [0.1, 0.15) is 0 Å². The molecule has 0 aliphatic carbocycles. The summed E-state index contributed by atoms with van der Waals surface area (Å²) >= 11 is 0. The zero-order valence-electron chi connectivity index (χ0n) is 7.48. The molecule has 0 aliphatic heterocycles. The van der Waals surface area contributed by atoms with Gasteiger partial charge in [-0.3, -0.25) is 0 Å². The molecule has 0 aliphatic rings. The van der Waals surface area contributed by atoms with Crippen LogP contribution in [-0.2, 0) is 0 Å². The van der Waals surface area contributed by atoms with Crippen LogP contribution in [0.15, 0.2) is 11.6 Å². The molecule has 0 unspecified atom stereocenters. The molecule has 0 saturated heterocycles. The van der Waals surface area contributed by atoms with Crippen molar-refractivity contribution in [1.82, 2.24) is 0 Å². The van der Waals surface area contributed by atoms with Crippen molar-refractivity contribution in [2.45, 2.75) is 40.0 Å². The van der Waals surface area contributed by atoms with Crippen LogP contribution in [0.2, 0.25) is 0 Å². The van der Waals surface area contributed by atoms with Crippen molar-refractivity contribution in [3.8, 4) is 0 Å². The van der Waals surface area contributed by atoms with Crippen LogP contribution in [0.5, 0.6) is 0 Å². The van der Waals surface area contributed by atoms with Crippen molar-refractivity contribution < 1.29 is 0 Å². The van der Waals surface area contributed by atoms with Gasteiger partial charge in [-0.05, 0) is 25.7 Å². The first-order chi connectivity index (χ1) is 4.68. The fourth-order valence-electron chi connectivity index (χ4n) is 0.710. The standard InChI is InChI=1S/C10H19/c1-5-6-7-8-10(4)9(2)3/h8-9H,1,5-7H2,2-4H3. The highest BCUT2D eigenvalue weighted by atomic mass is 14.0. The summed E-state index contributed by atoms with van der Waals surface area (Å²) in [4.78, 5) is 0. The van der Waals surface area contributed by atoms with Gasteiger partial charge in [0, 0.05) is 0 Å². The lowest BCUT2D eigenvalue weighted by molar-refractivity contribution is 0.752. The molecule has 0 atom stereocenters. The monoisotopic (exact) mass is 139 g/mol. The van der Waals surface area contributed by atoms with Crippen molar-refractivity contribution in [2.75, 3.05) is 0 Å². The molecule has 0 rings (SSSR count). The molecule has 0 saturated carbocycles. The van der Waals surface area contributed by atoms with Crippen molar-refractivity contribution in [2.24, 2.45) is 5.92 Å². The normalized spacial score (nSPS) is 12.7. The molecule has 0 heteroatoms. The maximum Gasteiger partial charge on any atom is -0.0263 e. The van der Waals surface area contributed by atoms with E-state index < -0.39 is 0 Å². The fraction of sp³-hybridized carbons (Fsp3) is 0.700. The Labute approximate surface area is 65.3 Å². The Morgan fingerprint density at radius 2 is 2.10 bits per heavy atom. The summed E-state index contributed by atoms with van der Waals surface area (Å²) in [6.45, 7) is 10.5. The van der Waals surface area contributed by atoms with Crippen LogP contribution in [0.3, 0.4) is 0 Å².